The standard InChI is InChI=1S/C15H17ClFN3S/c1-20(9-13-4-5-14(16)21-13)15-10(6-11(17)8-19-15)7-18-12-2-3-12/h4-6,8,12,18H,2-3,7,9H2,1H3. The van der Waals surface area contributed by atoms with Crippen molar-refractivity contribution in [3.8, 4) is 0 Å². The predicted octanol–water partition coefficient (Wildman–Crippen LogP) is 3.82. The number of nitrogens with zero attached hydrogens (tertiary/aromatic N) is 2. The molecule has 0 atom stereocenters. The molecular weight excluding hydrogens is 309 g/mol. The highest BCUT2D eigenvalue weighted by Gasteiger charge is 2.21. The summed E-state index contributed by atoms with van der Waals surface area (Å²) in [6.07, 6.45) is 3.69. The molecule has 0 unspecified atom stereocenters. The Labute approximate surface area is 132 Å². The molecule has 2 aromatic rings. The van der Waals surface area contributed by atoms with Crippen LogP contribution in [0.4, 0.5) is 10.2 Å². The van der Waals surface area contributed by atoms with Gasteiger partial charge in [0.15, 0.2) is 0 Å². The number of nitrogens with one attached hydrogen (secondary N) is 1. The van der Waals surface area contributed by atoms with E-state index in [1.54, 1.807) is 17.4 Å². The van der Waals surface area contributed by atoms with Gasteiger partial charge in [0.05, 0.1) is 17.1 Å². The van der Waals surface area contributed by atoms with Crippen LogP contribution >= 0.6 is 22.9 Å². The number of aromatic nitrogens is 1. The zero-order chi connectivity index (χ0) is 14.8. The van der Waals surface area contributed by atoms with Crippen LogP contribution in [0.2, 0.25) is 4.34 Å². The number of hydrogen-bond donors (Lipinski definition) is 1. The van der Waals surface area contributed by atoms with Crippen molar-refractivity contribution in [2.24, 2.45) is 0 Å². The molecule has 0 aliphatic heterocycles. The Morgan fingerprint density at radius 2 is 2.29 bits per heavy atom. The molecule has 1 aliphatic rings. The van der Waals surface area contributed by atoms with Crippen molar-refractivity contribution in [2.45, 2.75) is 32.0 Å². The first-order valence-corrected chi connectivity index (χ1v) is 8.14. The summed E-state index contributed by atoms with van der Waals surface area (Å²) in [5, 5.41) is 3.41. The van der Waals surface area contributed by atoms with Gasteiger partial charge < -0.3 is 10.2 Å². The summed E-state index contributed by atoms with van der Waals surface area (Å²) in [6.45, 7) is 1.37. The maximum Gasteiger partial charge on any atom is 0.141 e. The van der Waals surface area contributed by atoms with Crippen LogP contribution in [-0.4, -0.2) is 18.1 Å². The van der Waals surface area contributed by atoms with E-state index >= 15 is 0 Å². The second-order valence-corrected chi connectivity index (χ2v) is 7.15. The molecule has 1 fully saturated rings. The quantitative estimate of drug-likeness (QED) is 0.875. The molecule has 6 heteroatoms. The van der Waals surface area contributed by atoms with Crippen molar-refractivity contribution in [1.29, 1.82) is 0 Å². The van der Waals surface area contributed by atoms with E-state index in [0.717, 1.165) is 20.6 Å². The van der Waals surface area contributed by atoms with E-state index in [1.807, 2.05) is 24.1 Å². The molecule has 21 heavy (non-hydrogen) atoms. The summed E-state index contributed by atoms with van der Waals surface area (Å²) in [7, 11) is 1.97. The van der Waals surface area contributed by atoms with Gasteiger partial charge in [-0.05, 0) is 31.0 Å². The van der Waals surface area contributed by atoms with Crippen molar-refractivity contribution < 1.29 is 4.39 Å². The van der Waals surface area contributed by atoms with Gasteiger partial charge in [-0.2, -0.15) is 0 Å². The van der Waals surface area contributed by atoms with E-state index in [4.69, 9.17) is 11.6 Å². The first-order valence-electron chi connectivity index (χ1n) is 6.95. The van der Waals surface area contributed by atoms with Crippen LogP contribution in [0.1, 0.15) is 23.3 Å². The van der Waals surface area contributed by atoms with Crippen LogP contribution in [0, 0.1) is 5.82 Å². The largest absolute Gasteiger partial charge is 0.354 e. The lowest BCUT2D eigenvalue weighted by Gasteiger charge is -2.21. The van der Waals surface area contributed by atoms with Gasteiger partial charge in [-0.1, -0.05) is 11.6 Å². The predicted molar refractivity (Wildman–Crippen MR) is 85.5 cm³/mol. The van der Waals surface area contributed by atoms with Crippen molar-refractivity contribution >= 4 is 28.8 Å². The van der Waals surface area contributed by atoms with E-state index in [9.17, 15) is 4.39 Å². The van der Waals surface area contributed by atoms with Gasteiger partial charge in [0.2, 0.25) is 0 Å². The highest BCUT2D eigenvalue weighted by Crippen LogP contribution is 2.26. The molecule has 0 amide bonds. The van der Waals surface area contributed by atoms with Crippen LogP contribution in [-0.2, 0) is 13.1 Å². The molecule has 2 aromatic heterocycles. The normalized spacial score (nSPS) is 14.4. The molecule has 0 aromatic carbocycles. The molecule has 3 rings (SSSR count). The van der Waals surface area contributed by atoms with Gasteiger partial charge in [-0.3, -0.25) is 0 Å². The Balaban J connectivity index is 1.75. The fraction of sp³-hybridized carbons (Fsp3) is 0.400. The lowest BCUT2D eigenvalue weighted by Crippen LogP contribution is -2.22. The SMILES string of the molecule is CN(Cc1ccc(Cl)s1)c1ncc(F)cc1CNC1CC1. The van der Waals surface area contributed by atoms with E-state index in [2.05, 4.69) is 10.3 Å². The van der Waals surface area contributed by atoms with Crippen molar-refractivity contribution in [1.82, 2.24) is 10.3 Å². The van der Waals surface area contributed by atoms with Crippen LogP contribution in [0.5, 0.6) is 0 Å². The van der Waals surface area contributed by atoms with Gasteiger partial charge in [-0.15, -0.1) is 11.3 Å². The van der Waals surface area contributed by atoms with Crippen LogP contribution in [0.25, 0.3) is 0 Å². The van der Waals surface area contributed by atoms with Crippen molar-refractivity contribution in [3.63, 3.8) is 0 Å². The average Bonchev–Trinajstić information content (AvgIpc) is 3.19. The molecule has 1 saturated carbocycles. The highest BCUT2D eigenvalue weighted by atomic mass is 35.5. The molecule has 3 nitrogen and oxygen atoms in total. The lowest BCUT2D eigenvalue weighted by atomic mass is 10.2. The third-order valence-corrected chi connectivity index (χ3v) is 4.67. The summed E-state index contributed by atoms with van der Waals surface area (Å²) in [5.74, 6) is 0.521. The Kier molecular flexibility index (Phi) is 4.42. The van der Waals surface area contributed by atoms with E-state index in [0.29, 0.717) is 19.1 Å². The number of rotatable bonds is 6. The zero-order valence-electron chi connectivity index (χ0n) is 11.8. The minimum absolute atomic E-state index is 0.293. The fourth-order valence-corrected chi connectivity index (χ4v) is 3.38. The number of pyridine rings is 1. The van der Waals surface area contributed by atoms with E-state index < -0.39 is 0 Å². The summed E-state index contributed by atoms with van der Waals surface area (Å²) in [6, 6.07) is 6.05. The van der Waals surface area contributed by atoms with Gasteiger partial charge in [0.1, 0.15) is 11.6 Å². The maximum absolute atomic E-state index is 13.5. The second-order valence-electron chi connectivity index (χ2n) is 5.35. The number of hydrogen-bond acceptors (Lipinski definition) is 4. The summed E-state index contributed by atoms with van der Waals surface area (Å²) in [5.41, 5.74) is 0.895. The van der Waals surface area contributed by atoms with Gasteiger partial charge in [0.25, 0.3) is 0 Å². The molecule has 0 spiro atoms. The van der Waals surface area contributed by atoms with Gasteiger partial charge in [0, 0.05) is 30.1 Å². The summed E-state index contributed by atoms with van der Waals surface area (Å²) >= 11 is 7.51. The van der Waals surface area contributed by atoms with E-state index in [-0.39, 0.29) is 5.82 Å². The van der Waals surface area contributed by atoms with Crippen molar-refractivity contribution in [2.75, 3.05) is 11.9 Å². The first-order chi connectivity index (χ1) is 10.1. The lowest BCUT2D eigenvalue weighted by molar-refractivity contribution is 0.611. The topological polar surface area (TPSA) is 28.2 Å². The minimum atomic E-state index is -0.293. The molecule has 2 heterocycles. The first kappa shape index (κ1) is 14.8. The molecular formula is C15H17ClFN3S. The number of anilines is 1. The molecule has 0 bridgehead atoms. The zero-order valence-corrected chi connectivity index (χ0v) is 13.3. The Morgan fingerprint density at radius 1 is 1.48 bits per heavy atom. The van der Waals surface area contributed by atoms with Gasteiger partial charge in [-0.25, -0.2) is 9.37 Å². The third kappa shape index (κ3) is 3.93. The van der Waals surface area contributed by atoms with Gasteiger partial charge >= 0.3 is 0 Å². The molecule has 112 valence electrons. The second kappa shape index (κ2) is 6.30. The molecule has 0 saturated heterocycles. The number of halogens is 2. The van der Waals surface area contributed by atoms with Crippen LogP contribution < -0.4 is 10.2 Å². The Bertz CT molecular complexity index is 627. The summed E-state index contributed by atoms with van der Waals surface area (Å²) < 4.78 is 14.2. The fourth-order valence-electron chi connectivity index (χ4n) is 2.23. The van der Waals surface area contributed by atoms with Crippen LogP contribution in [0.3, 0.4) is 0 Å². The molecule has 1 aliphatic carbocycles. The average molecular weight is 326 g/mol. The monoisotopic (exact) mass is 325 g/mol. The summed E-state index contributed by atoms with van der Waals surface area (Å²) in [4.78, 5) is 7.46. The Morgan fingerprint density at radius 3 is 2.95 bits per heavy atom. The maximum atomic E-state index is 13.5. The third-order valence-electron chi connectivity index (χ3n) is 3.45. The molecule has 1 N–H and O–H groups in total. The highest BCUT2D eigenvalue weighted by molar-refractivity contribution is 7.16. The smallest absolute Gasteiger partial charge is 0.141 e. The molecule has 0 radical (unpaired) electrons. The number of thiophene rings is 1. The van der Waals surface area contributed by atoms with E-state index in [1.165, 1.54) is 19.0 Å². The van der Waals surface area contributed by atoms with Crippen molar-refractivity contribution in [3.05, 3.63) is 45.0 Å². The Hall–Kier alpha value is -1.17. The minimum Gasteiger partial charge on any atom is -0.354 e. The van der Waals surface area contributed by atoms with Crippen LogP contribution in [0.15, 0.2) is 24.4 Å².